The van der Waals surface area contributed by atoms with E-state index in [1.54, 1.807) is 23.7 Å². The van der Waals surface area contributed by atoms with Crippen molar-refractivity contribution in [1.29, 1.82) is 0 Å². The second kappa shape index (κ2) is 6.14. The number of aryl methyl sites for hydroxylation is 1. The first-order valence-corrected chi connectivity index (χ1v) is 9.45. The molecule has 4 nitrogen and oxygen atoms in total. The van der Waals surface area contributed by atoms with Gasteiger partial charge in [0.25, 0.3) is 0 Å². The summed E-state index contributed by atoms with van der Waals surface area (Å²) in [5, 5.41) is 1.65. The third kappa shape index (κ3) is 2.73. The highest BCUT2D eigenvalue weighted by atomic mass is 32.1. The number of H-pyrrole nitrogens is 1. The summed E-state index contributed by atoms with van der Waals surface area (Å²) in [7, 11) is 0. The van der Waals surface area contributed by atoms with Crippen LogP contribution in [0.2, 0.25) is 0 Å². The average Bonchev–Trinajstić information content (AvgIpc) is 3.13. The molecule has 4 aromatic heterocycles. The Morgan fingerprint density at radius 1 is 1.04 bits per heavy atom. The van der Waals surface area contributed by atoms with Crippen molar-refractivity contribution in [2.45, 2.75) is 6.92 Å². The van der Waals surface area contributed by atoms with Crippen LogP contribution in [0.4, 0.5) is 0 Å². The number of fused-ring (bicyclic) bond motifs is 2. The van der Waals surface area contributed by atoms with Crippen LogP contribution in [0.1, 0.15) is 4.88 Å². The molecule has 0 aliphatic heterocycles. The van der Waals surface area contributed by atoms with Crippen LogP contribution >= 0.6 is 11.3 Å². The lowest BCUT2D eigenvalue weighted by Gasteiger charge is -2.10. The number of pyridine rings is 3. The van der Waals surface area contributed by atoms with Gasteiger partial charge in [-0.1, -0.05) is 12.1 Å². The Bertz CT molecular complexity index is 1370. The van der Waals surface area contributed by atoms with E-state index in [1.165, 1.54) is 10.9 Å². The molecule has 4 heterocycles. The highest BCUT2D eigenvalue weighted by Gasteiger charge is 2.15. The highest BCUT2D eigenvalue weighted by Crippen LogP contribution is 2.36. The van der Waals surface area contributed by atoms with Crippen LogP contribution in [-0.4, -0.2) is 15.0 Å². The molecular formula is C22H15N3OS. The summed E-state index contributed by atoms with van der Waals surface area (Å²) in [4.78, 5) is 27.0. The van der Waals surface area contributed by atoms with Crippen LogP contribution < -0.4 is 5.43 Å². The van der Waals surface area contributed by atoms with Crippen molar-refractivity contribution in [2.75, 3.05) is 0 Å². The maximum atomic E-state index is 12.4. The number of benzene rings is 1. The second-order valence-electron chi connectivity index (χ2n) is 6.44. The van der Waals surface area contributed by atoms with E-state index in [-0.39, 0.29) is 5.43 Å². The van der Waals surface area contributed by atoms with E-state index in [1.807, 2.05) is 30.3 Å². The van der Waals surface area contributed by atoms with Crippen molar-refractivity contribution in [1.82, 2.24) is 15.0 Å². The standard InChI is InChI=1S/C22H15N3OS/c1-13-4-7-20(27-13)21-16(12-17-19(26)8-10-24-22(17)25-21)14-5-6-18-15(11-14)3-2-9-23-18/h2-12H,1H3,(H,24,25,26). The number of thiophene rings is 1. The minimum Gasteiger partial charge on any atom is -0.346 e. The van der Waals surface area contributed by atoms with E-state index in [2.05, 4.69) is 35.1 Å². The topological polar surface area (TPSA) is 58.6 Å². The molecule has 0 aliphatic carbocycles. The van der Waals surface area contributed by atoms with Gasteiger partial charge in [-0.3, -0.25) is 9.78 Å². The molecule has 5 aromatic rings. The number of nitrogens with one attached hydrogen (secondary N) is 1. The number of nitrogens with zero attached hydrogens (tertiary/aromatic N) is 2. The summed E-state index contributed by atoms with van der Waals surface area (Å²) in [5.41, 5.74) is 4.37. The lowest BCUT2D eigenvalue weighted by Crippen LogP contribution is -2.03. The fraction of sp³-hybridized carbons (Fsp3) is 0.0455. The zero-order chi connectivity index (χ0) is 18.4. The minimum atomic E-state index is -0.0335. The number of rotatable bonds is 2. The third-order valence-electron chi connectivity index (χ3n) is 4.63. The Morgan fingerprint density at radius 3 is 2.81 bits per heavy atom. The Labute approximate surface area is 159 Å². The lowest BCUT2D eigenvalue weighted by atomic mass is 9.99. The zero-order valence-corrected chi connectivity index (χ0v) is 15.4. The summed E-state index contributed by atoms with van der Waals surface area (Å²) in [6, 6.07) is 17.8. The van der Waals surface area contributed by atoms with E-state index in [0.29, 0.717) is 11.0 Å². The molecule has 5 heteroatoms. The predicted molar refractivity (Wildman–Crippen MR) is 111 cm³/mol. The second-order valence-corrected chi connectivity index (χ2v) is 7.73. The third-order valence-corrected chi connectivity index (χ3v) is 5.64. The Balaban J connectivity index is 1.85. The monoisotopic (exact) mass is 369 g/mol. The maximum Gasteiger partial charge on any atom is 0.191 e. The number of aromatic amines is 1. The number of hydrogen-bond donors (Lipinski definition) is 1. The fourth-order valence-electron chi connectivity index (χ4n) is 3.31. The molecule has 130 valence electrons. The van der Waals surface area contributed by atoms with Crippen molar-refractivity contribution < 1.29 is 0 Å². The minimum absolute atomic E-state index is 0.0335. The summed E-state index contributed by atoms with van der Waals surface area (Å²) in [6.07, 6.45) is 3.43. The number of aromatic nitrogens is 3. The van der Waals surface area contributed by atoms with E-state index >= 15 is 0 Å². The molecule has 0 atom stereocenters. The summed E-state index contributed by atoms with van der Waals surface area (Å²) >= 11 is 1.70. The van der Waals surface area contributed by atoms with Crippen molar-refractivity contribution >= 4 is 33.3 Å². The van der Waals surface area contributed by atoms with Crippen molar-refractivity contribution in [3.63, 3.8) is 0 Å². The largest absolute Gasteiger partial charge is 0.346 e. The molecule has 0 amide bonds. The lowest BCUT2D eigenvalue weighted by molar-refractivity contribution is 1.28. The maximum absolute atomic E-state index is 12.4. The molecule has 0 unspecified atom stereocenters. The molecule has 0 bridgehead atoms. The highest BCUT2D eigenvalue weighted by molar-refractivity contribution is 7.15. The first-order chi connectivity index (χ1) is 13.2. The molecule has 0 spiro atoms. The smallest absolute Gasteiger partial charge is 0.191 e. The van der Waals surface area contributed by atoms with E-state index in [4.69, 9.17) is 4.98 Å². The molecule has 0 aliphatic rings. The van der Waals surface area contributed by atoms with Gasteiger partial charge >= 0.3 is 0 Å². The van der Waals surface area contributed by atoms with E-state index < -0.39 is 0 Å². The summed E-state index contributed by atoms with van der Waals surface area (Å²) in [5.74, 6) is 0. The van der Waals surface area contributed by atoms with Gasteiger partial charge in [0, 0.05) is 34.3 Å². The van der Waals surface area contributed by atoms with Gasteiger partial charge in [0.05, 0.1) is 21.5 Å². The Hall–Kier alpha value is -3.31. The first-order valence-electron chi connectivity index (χ1n) is 8.63. The Kier molecular flexibility index (Phi) is 3.62. The van der Waals surface area contributed by atoms with Gasteiger partial charge < -0.3 is 4.98 Å². The van der Waals surface area contributed by atoms with Gasteiger partial charge in [-0.25, -0.2) is 4.98 Å². The van der Waals surface area contributed by atoms with Crippen molar-refractivity contribution in [3.8, 4) is 21.7 Å². The zero-order valence-electron chi connectivity index (χ0n) is 14.6. The van der Waals surface area contributed by atoms with E-state index in [9.17, 15) is 4.79 Å². The molecule has 1 aromatic carbocycles. The van der Waals surface area contributed by atoms with Gasteiger partial charge in [0.15, 0.2) is 5.43 Å². The van der Waals surface area contributed by atoms with Crippen molar-refractivity contribution in [2.24, 2.45) is 0 Å². The van der Waals surface area contributed by atoms with Gasteiger partial charge in [-0.15, -0.1) is 11.3 Å². The van der Waals surface area contributed by atoms with Crippen LogP contribution in [0.3, 0.4) is 0 Å². The molecule has 1 N–H and O–H groups in total. The summed E-state index contributed by atoms with van der Waals surface area (Å²) < 4.78 is 0. The molecule has 0 saturated heterocycles. The molecule has 27 heavy (non-hydrogen) atoms. The first kappa shape index (κ1) is 15.9. The predicted octanol–water partition coefficient (Wildman–Crippen LogP) is 5.18. The molecule has 0 radical (unpaired) electrons. The van der Waals surface area contributed by atoms with Crippen LogP contribution in [0.5, 0.6) is 0 Å². The van der Waals surface area contributed by atoms with Crippen LogP contribution in [0.25, 0.3) is 43.6 Å². The molecule has 5 rings (SSSR count). The van der Waals surface area contributed by atoms with Crippen LogP contribution in [0.15, 0.2) is 71.8 Å². The van der Waals surface area contributed by atoms with Crippen LogP contribution in [-0.2, 0) is 0 Å². The van der Waals surface area contributed by atoms with Gasteiger partial charge in [0.2, 0.25) is 0 Å². The van der Waals surface area contributed by atoms with Gasteiger partial charge in [-0.2, -0.15) is 0 Å². The van der Waals surface area contributed by atoms with Crippen LogP contribution in [0, 0.1) is 6.92 Å². The summed E-state index contributed by atoms with van der Waals surface area (Å²) in [6.45, 7) is 2.08. The molecular weight excluding hydrogens is 354 g/mol. The van der Waals surface area contributed by atoms with Crippen molar-refractivity contribution in [3.05, 3.63) is 82.1 Å². The SMILES string of the molecule is Cc1ccc(-c2nc3[nH]ccc(=O)c3cc2-c2ccc3ncccc3c2)s1. The fourth-order valence-corrected chi connectivity index (χ4v) is 4.18. The van der Waals surface area contributed by atoms with E-state index in [0.717, 1.165) is 32.6 Å². The Morgan fingerprint density at radius 2 is 1.96 bits per heavy atom. The molecule has 0 fully saturated rings. The quantitative estimate of drug-likeness (QED) is 0.467. The molecule has 0 saturated carbocycles. The average molecular weight is 369 g/mol. The number of hydrogen-bond acceptors (Lipinski definition) is 4. The normalized spacial score (nSPS) is 11.3. The van der Waals surface area contributed by atoms with Gasteiger partial charge in [0.1, 0.15) is 5.65 Å². The van der Waals surface area contributed by atoms with Gasteiger partial charge in [-0.05, 0) is 48.9 Å².